The average Bonchev–Trinajstić information content (AvgIpc) is 3.79. The minimum absolute atomic E-state index is 0.000533. The molecule has 4 N–H and O–H groups in total. The highest BCUT2D eigenvalue weighted by molar-refractivity contribution is 8.14. The molecule has 46 heavy (non-hydrogen) atoms. The number of nitrogens with two attached hydrogens (primary N) is 1. The number of nitrogens with zero attached hydrogens (tertiary/aromatic N) is 8. The summed E-state index contributed by atoms with van der Waals surface area (Å²) in [5, 5.41) is 48.7. The Morgan fingerprint density at radius 3 is 2.43 bits per heavy atom. The molecule has 230 valence electrons. The molecular formula is C29H22N10O5S2. The highest BCUT2D eigenvalue weighted by Gasteiger charge is 2.30. The van der Waals surface area contributed by atoms with E-state index in [1.165, 1.54) is 53.0 Å². The number of thiocarbonyl (C=S) groups is 1. The third-order valence-electron chi connectivity index (χ3n) is 6.79. The summed E-state index contributed by atoms with van der Waals surface area (Å²) in [5.74, 6) is 0.217. The lowest BCUT2D eigenvalue weighted by atomic mass is 10.0. The van der Waals surface area contributed by atoms with E-state index < -0.39 is 9.85 Å². The number of non-ortho nitro benzene ring substituents is 2. The van der Waals surface area contributed by atoms with Crippen molar-refractivity contribution in [3.05, 3.63) is 105 Å². The Bertz CT molecular complexity index is 2040. The molecule has 0 bridgehead atoms. The van der Waals surface area contributed by atoms with Crippen LogP contribution in [0.1, 0.15) is 0 Å². The van der Waals surface area contributed by atoms with Crippen molar-refractivity contribution in [1.29, 1.82) is 0 Å². The van der Waals surface area contributed by atoms with E-state index in [1.807, 2.05) is 30.3 Å². The topological polar surface area (TPSA) is 205 Å². The van der Waals surface area contributed by atoms with Gasteiger partial charge in [0.05, 0.1) is 33.4 Å². The van der Waals surface area contributed by atoms with E-state index in [-0.39, 0.29) is 39.7 Å². The highest BCUT2D eigenvalue weighted by Crippen LogP contribution is 2.43. The van der Waals surface area contributed by atoms with Gasteiger partial charge in [-0.3, -0.25) is 30.6 Å². The molecule has 0 saturated carbocycles. The van der Waals surface area contributed by atoms with Crippen molar-refractivity contribution in [3.8, 4) is 45.2 Å². The smallest absolute Gasteiger partial charge is 0.270 e. The Balaban J connectivity index is 1.54. The molecule has 2 aromatic heterocycles. The Morgan fingerprint density at radius 2 is 1.74 bits per heavy atom. The third kappa shape index (κ3) is 6.04. The number of aromatic nitrogens is 4. The van der Waals surface area contributed by atoms with Gasteiger partial charge in [-0.05, 0) is 36.5 Å². The van der Waals surface area contributed by atoms with Crippen LogP contribution in [0.4, 0.5) is 11.4 Å². The second kappa shape index (κ2) is 12.6. The van der Waals surface area contributed by atoms with E-state index in [0.29, 0.717) is 33.3 Å². The van der Waals surface area contributed by atoms with Crippen molar-refractivity contribution in [2.24, 2.45) is 15.8 Å². The largest absolute Gasteiger partial charge is 0.504 e. The summed E-state index contributed by atoms with van der Waals surface area (Å²) < 4.78 is 3.05. The Hall–Kier alpha value is -5.94. The van der Waals surface area contributed by atoms with Gasteiger partial charge in [0.2, 0.25) is 0 Å². The number of nitrogens with one attached hydrogen (secondary N) is 1. The zero-order valence-electron chi connectivity index (χ0n) is 23.5. The summed E-state index contributed by atoms with van der Waals surface area (Å²) >= 11 is 6.12. The van der Waals surface area contributed by atoms with Crippen LogP contribution in [0.2, 0.25) is 0 Å². The van der Waals surface area contributed by atoms with Crippen LogP contribution in [0.15, 0.2) is 95.2 Å². The molecule has 0 amide bonds. The van der Waals surface area contributed by atoms with Crippen LogP contribution in [0, 0.1) is 20.2 Å². The predicted molar refractivity (Wildman–Crippen MR) is 178 cm³/mol. The van der Waals surface area contributed by atoms with Crippen LogP contribution < -0.4 is 11.2 Å². The van der Waals surface area contributed by atoms with Gasteiger partial charge >= 0.3 is 0 Å². The molecule has 0 radical (unpaired) electrons. The van der Waals surface area contributed by atoms with Gasteiger partial charge in [-0.15, -0.1) is 0 Å². The first-order valence-electron chi connectivity index (χ1n) is 13.5. The molecule has 15 nitrogen and oxygen atoms in total. The van der Waals surface area contributed by atoms with Crippen LogP contribution in [0.25, 0.3) is 39.5 Å². The first kappa shape index (κ1) is 30.1. The van der Waals surface area contributed by atoms with Crippen molar-refractivity contribution in [2.75, 3.05) is 5.75 Å². The second-order valence-corrected chi connectivity index (χ2v) is 11.2. The van der Waals surface area contributed by atoms with Crippen LogP contribution in [-0.4, -0.2) is 62.8 Å². The van der Waals surface area contributed by atoms with Gasteiger partial charge in [0, 0.05) is 47.3 Å². The first-order valence-corrected chi connectivity index (χ1v) is 14.9. The van der Waals surface area contributed by atoms with E-state index in [2.05, 4.69) is 15.5 Å². The summed E-state index contributed by atoms with van der Waals surface area (Å²) in [5.41, 5.74) is 10.3. The van der Waals surface area contributed by atoms with E-state index in [4.69, 9.17) is 28.1 Å². The molecule has 0 saturated heterocycles. The number of benzene rings is 3. The number of hydrazone groups is 1. The molecule has 17 heteroatoms. The molecule has 3 heterocycles. The highest BCUT2D eigenvalue weighted by atomic mass is 32.2. The van der Waals surface area contributed by atoms with E-state index in [9.17, 15) is 25.3 Å². The Labute approximate surface area is 269 Å². The molecule has 1 atom stereocenters. The SMILES string of the molecule is NC(=S)N/N=C/C1CSC(n2nc(-c3cn(-c4ccccc4)nc3-c3ccc([N+](=O)[O-])cc3)c(O)c2-c2cccc([N+](=O)[O-])c2)=N1. The zero-order valence-corrected chi connectivity index (χ0v) is 25.1. The Kier molecular flexibility index (Phi) is 8.23. The number of aromatic hydroxyl groups is 1. The van der Waals surface area contributed by atoms with Gasteiger partial charge in [-0.1, -0.05) is 42.1 Å². The van der Waals surface area contributed by atoms with Gasteiger partial charge in [-0.2, -0.15) is 15.3 Å². The molecule has 0 spiro atoms. The summed E-state index contributed by atoms with van der Waals surface area (Å²) in [7, 11) is 0. The zero-order chi connectivity index (χ0) is 32.4. The van der Waals surface area contributed by atoms with Crippen molar-refractivity contribution >= 4 is 51.8 Å². The van der Waals surface area contributed by atoms with Gasteiger partial charge in [-0.25, -0.2) is 9.36 Å². The molecular weight excluding hydrogens is 633 g/mol. The summed E-state index contributed by atoms with van der Waals surface area (Å²) in [4.78, 5) is 26.6. The maximum atomic E-state index is 11.8. The third-order valence-corrected chi connectivity index (χ3v) is 7.93. The number of aliphatic imine (C=N–C) groups is 1. The summed E-state index contributed by atoms with van der Waals surface area (Å²) in [6.45, 7) is 0. The maximum Gasteiger partial charge on any atom is 0.270 e. The lowest BCUT2D eigenvalue weighted by Crippen LogP contribution is -2.25. The minimum Gasteiger partial charge on any atom is -0.504 e. The van der Waals surface area contributed by atoms with Crippen molar-refractivity contribution < 1.29 is 15.0 Å². The van der Waals surface area contributed by atoms with Gasteiger partial charge in [0.25, 0.3) is 11.4 Å². The van der Waals surface area contributed by atoms with Crippen molar-refractivity contribution in [3.63, 3.8) is 0 Å². The van der Waals surface area contributed by atoms with Gasteiger partial charge < -0.3 is 10.8 Å². The molecule has 1 aliphatic rings. The molecule has 0 fully saturated rings. The van der Waals surface area contributed by atoms with E-state index in [0.717, 1.165) is 5.69 Å². The predicted octanol–water partition coefficient (Wildman–Crippen LogP) is 4.73. The van der Waals surface area contributed by atoms with Crippen LogP contribution >= 0.6 is 24.0 Å². The number of hydrogen-bond donors (Lipinski definition) is 3. The quantitative estimate of drug-likeness (QED) is 0.0902. The monoisotopic (exact) mass is 654 g/mol. The fraction of sp³-hybridized carbons (Fsp3) is 0.0690. The fourth-order valence-electron chi connectivity index (χ4n) is 4.73. The summed E-state index contributed by atoms with van der Waals surface area (Å²) in [6, 6.07) is 20.6. The standard InChI is InChI=1S/C29H22N10O5S2/c30-28(45)33-31-14-19-16-46-29(32-19)37-26(18-5-4-8-22(13-18)39(43)44)27(40)25(35-37)23-15-36(20-6-2-1-3-7-20)34-24(23)17-9-11-21(12-10-17)38(41)42/h1-15,19,40H,16H2,(H3,30,33,45)/b31-14+. The molecule has 1 unspecified atom stereocenters. The number of rotatable bonds is 8. The van der Waals surface area contributed by atoms with Gasteiger partial charge in [0.15, 0.2) is 16.0 Å². The average molecular weight is 655 g/mol. The van der Waals surface area contributed by atoms with Gasteiger partial charge in [0.1, 0.15) is 17.1 Å². The summed E-state index contributed by atoms with van der Waals surface area (Å²) in [6.07, 6.45) is 3.23. The molecule has 5 aromatic rings. The fourth-order valence-corrected chi connectivity index (χ4v) is 5.72. The van der Waals surface area contributed by atoms with E-state index in [1.54, 1.807) is 29.1 Å². The molecule has 1 aliphatic heterocycles. The molecule has 6 rings (SSSR count). The normalized spacial score (nSPS) is 14.3. The maximum absolute atomic E-state index is 11.8. The number of nitro benzene ring substituents is 2. The van der Waals surface area contributed by atoms with Crippen LogP contribution in [0.5, 0.6) is 5.75 Å². The lowest BCUT2D eigenvalue weighted by Gasteiger charge is -2.06. The Morgan fingerprint density at radius 1 is 1.00 bits per heavy atom. The molecule has 0 aliphatic carbocycles. The number of hydrogen-bond acceptors (Lipinski definition) is 11. The number of thioether (sulfide) groups is 1. The van der Waals surface area contributed by atoms with Crippen molar-refractivity contribution in [2.45, 2.75) is 6.04 Å². The molecule has 3 aromatic carbocycles. The number of nitro groups is 2. The van der Waals surface area contributed by atoms with Crippen LogP contribution in [-0.2, 0) is 0 Å². The van der Waals surface area contributed by atoms with Crippen molar-refractivity contribution in [1.82, 2.24) is 25.0 Å². The minimum atomic E-state index is -0.526. The second-order valence-electron chi connectivity index (χ2n) is 9.78. The lowest BCUT2D eigenvalue weighted by molar-refractivity contribution is -0.385. The number of para-hydroxylation sites is 1. The van der Waals surface area contributed by atoms with Crippen LogP contribution in [0.3, 0.4) is 0 Å². The van der Waals surface area contributed by atoms with E-state index >= 15 is 0 Å². The first-order chi connectivity index (χ1) is 22.2.